The molecule has 0 radical (unpaired) electrons. The number of fused-ring (bicyclic) bond motifs is 7. The van der Waals surface area contributed by atoms with E-state index in [9.17, 15) is 0 Å². The molecule has 5 aromatic rings. The first-order valence-electron chi connectivity index (χ1n) is 15.9. The number of nitrogens with zero attached hydrogens (tertiary/aromatic N) is 1. The van der Waals surface area contributed by atoms with Crippen molar-refractivity contribution in [1.82, 2.24) is 0 Å². The Morgan fingerprint density at radius 1 is 0.721 bits per heavy atom. The van der Waals surface area contributed by atoms with Gasteiger partial charge in [-0.2, -0.15) is 0 Å². The van der Waals surface area contributed by atoms with Crippen LogP contribution < -0.4 is 20.6 Å². The van der Waals surface area contributed by atoms with Gasteiger partial charge in [-0.1, -0.05) is 116 Å². The molecule has 0 N–H and O–H groups in total. The number of para-hydroxylation sites is 1. The summed E-state index contributed by atoms with van der Waals surface area (Å²) in [5.41, 5.74) is 14.8. The standard InChI is InChI=1S/C40H42BNS/c1-37(2,3)24-18-19-33-26(20-24)35-36(43-33)41-31-22-29-28(38(4,5)23-39(29,6)7)21-30(31)40(8,9)27-16-13-17-32(34(27)41)42(35)25-14-11-10-12-15-25/h10-22H,23H2,1-9H3. The number of benzene rings is 4. The van der Waals surface area contributed by atoms with Gasteiger partial charge in [0.05, 0.1) is 5.69 Å². The molecule has 0 spiro atoms. The minimum absolute atomic E-state index is 0.0841. The van der Waals surface area contributed by atoms with Gasteiger partial charge < -0.3 is 4.90 Å². The van der Waals surface area contributed by atoms with Crippen LogP contribution in [0.25, 0.3) is 10.1 Å². The Labute approximate surface area is 262 Å². The third-order valence-electron chi connectivity index (χ3n) is 10.9. The van der Waals surface area contributed by atoms with Crippen LogP contribution in [0.5, 0.6) is 0 Å². The molecule has 0 amide bonds. The number of hydrogen-bond donors (Lipinski definition) is 0. The maximum Gasteiger partial charge on any atom is 0.260 e. The highest BCUT2D eigenvalue weighted by molar-refractivity contribution is 7.33. The molecule has 0 fully saturated rings. The predicted octanol–water partition coefficient (Wildman–Crippen LogP) is 9.10. The molecule has 216 valence electrons. The maximum atomic E-state index is 2.65. The monoisotopic (exact) mass is 579 g/mol. The summed E-state index contributed by atoms with van der Waals surface area (Å²) in [6, 6.07) is 30.6. The van der Waals surface area contributed by atoms with E-state index in [2.05, 4.69) is 146 Å². The summed E-state index contributed by atoms with van der Waals surface area (Å²) in [5.74, 6) is 0. The maximum absolute atomic E-state index is 2.65. The van der Waals surface area contributed by atoms with Gasteiger partial charge >= 0.3 is 0 Å². The zero-order chi connectivity index (χ0) is 30.3. The lowest BCUT2D eigenvalue weighted by atomic mass is 9.32. The molecule has 0 bridgehead atoms. The van der Waals surface area contributed by atoms with Crippen molar-refractivity contribution in [2.45, 2.75) is 90.4 Å². The molecule has 2 aliphatic heterocycles. The average Bonchev–Trinajstić information content (AvgIpc) is 3.40. The average molecular weight is 580 g/mol. The van der Waals surface area contributed by atoms with Crippen LogP contribution >= 0.6 is 11.3 Å². The van der Waals surface area contributed by atoms with Crippen LogP contribution in [-0.4, -0.2) is 6.71 Å². The van der Waals surface area contributed by atoms with Crippen molar-refractivity contribution in [3.05, 3.63) is 107 Å². The van der Waals surface area contributed by atoms with E-state index in [0.29, 0.717) is 0 Å². The summed E-state index contributed by atoms with van der Waals surface area (Å²) < 4.78 is 2.86. The third kappa shape index (κ3) is 3.64. The summed E-state index contributed by atoms with van der Waals surface area (Å²) >= 11 is 2.01. The van der Waals surface area contributed by atoms with Crippen LogP contribution in [0.4, 0.5) is 17.1 Å². The highest BCUT2D eigenvalue weighted by atomic mass is 32.1. The fraction of sp³-hybridized carbons (Fsp3) is 0.350. The second-order valence-corrected chi connectivity index (χ2v) is 17.3. The molecule has 1 nitrogen and oxygen atoms in total. The lowest BCUT2D eigenvalue weighted by molar-refractivity contribution is 0.403. The number of hydrogen-bond acceptors (Lipinski definition) is 2. The van der Waals surface area contributed by atoms with Gasteiger partial charge in [-0.05, 0) is 86.3 Å². The van der Waals surface area contributed by atoms with E-state index >= 15 is 0 Å². The smallest absolute Gasteiger partial charge is 0.260 e. The molecule has 0 atom stereocenters. The highest BCUT2D eigenvalue weighted by Crippen LogP contribution is 2.52. The molecule has 0 unspecified atom stereocenters. The fourth-order valence-electron chi connectivity index (χ4n) is 8.94. The van der Waals surface area contributed by atoms with Gasteiger partial charge in [-0.15, -0.1) is 11.3 Å². The van der Waals surface area contributed by atoms with Gasteiger partial charge in [0.1, 0.15) is 0 Å². The van der Waals surface area contributed by atoms with Crippen molar-refractivity contribution in [1.29, 1.82) is 0 Å². The lowest BCUT2D eigenvalue weighted by Crippen LogP contribution is -2.63. The van der Waals surface area contributed by atoms with Gasteiger partial charge in [0.15, 0.2) is 0 Å². The Hall–Kier alpha value is -3.30. The molecule has 8 rings (SSSR count). The first-order chi connectivity index (χ1) is 20.2. The lowest BCUT2D eigenvalue weighted by Gasteiger charge is -2.45. The first-order valence-corrected chi connectivity index (χ1v) is 16.8. The van der Waals surface area contributed by atoms with Crippen LogP contribution in [0.1, 0.15) is 96.6 Å². The Bertz CT molecular complexity index is 1970. The molecule has 1 aromatic heterocycles. The van der Waals surface area contributed by atoms with Gasteiger partial charge in [-0.3, -0.25) is 0 Å². The van der Waals surface area contributed by atoms with Crippen molar-refractivity contribution >= 4 is 60.9 Å². The van der Waals surface area contributed by atoms with Gasteiger partial charge in [0, 0.05) is 31.7 Å². The van der Waals surface area contributed by atoms with Crippen molar-refractivity contribution in [2.24, 2.45) is 0 Å². The van der Waals surface area contributed by atoms with Crippen LogP contribution in [-0.2, 0) is 21.7 Å². The van der Waals surface area contributed by atoms with E-state index in [-0.39, 0.29) is 28.4 Å². The summed E-state index contributed by atoms with van der Waals surface area (Å²) in [5, 5.41) is 1.38. The van der Waals surface area contributed by atoms with Crippen LogP contribution in [0, 0.1) is 0 Å². The van der Waals surface area contributed by atoms with Crippen LogP contribution in [0.2, 0.25) is 0 Å². The summed E-state index contributed by atoms with van der Waals surface area (Å²) in [6.07, 6.45) is 1.19. The predicted molar refractivity (Wildman–Crippen MR) is 189 cm³/mol. The molecule has 3 heterocycles. The highest BCUT2D eigenvalue weighted by Gasteiger charge is 2.50. The quantitative estimate of drug-likeness (QED) is 0.176. The Morgan fingerprint density at radius 3 is 2.12 bits per heavy atom. The normalized spacial score (nSPS) is 18.7. The molecular weight excluding hydrogens is 537 g/mol. The Morgan fingerprint density at radius 2 is 1.42 bits per heavy atom. The van der Waals surface area contributed by atoms with E-state index < -0.39 is 0 Å². The minimum atomic E-state index is -0.0923. The number of thiophene rings is 1. The van der Waals surface area contributed by atoms with Crippen molar-refractivity contribution < 1.29 is 0 Å². The number of anilines is 3. The third-order valence-corrected chi connectivity index (χ3v) is 12.1. The van der Waals surface area contributed by atoms with Crippen molar-refractivity contribution in [3.8, 4) is 0 Å². The summed E-state index contributed by atoms with van der Waals surface area (Å²) in [6.45, 7) is 21.9. The van der Waals surface area contributed by atoms with Gasteiger partial charge in [0.25, 0.3) is 6.71 Å². The molecule has 3 aliphatic rings. The molecule has 43 heavy (non-hydrogen) atoms. The van der Waals surface area contributed by atoms with E-state index in [0.717, 1.165) is 0 Å². The zero-order valence-corrected chi connectivity index (χ0v) is 28.0. The van der Waals surface area contributed by atoms with Crippen molar-refractivity contribution in [3.63, 3.8) is 0 Å². The van der Waals surface area contributed by atoms with Crippen LogP contribution in [0.3, 0.4) is 0 Å². The van der Waals surface area contributed by atoms with E-state index in [4.69, 9.17) is 0 Å². The summed E-state index contributed by atoms with van der Waals surface area (Å²) in [7, 11) is 0. The molecule has 0 saturated carbocycles. The van der Waals surface area contributed by atoms with Crippen molar-refractivity contribution in [2.75, 3.05) is 4.90 Å². The Kier molecular flexibility index (Phi) is 5.36. The molecule has 1 aliphatic carbocycles. The molecule has 4 aromatic carbocycles. The zero-order valence-electron chi connectivity index (χ0n) is 27.1. The topological polar surface area (TPSA) is 3.24 Å². The second kappa shape index (κ2) is 8.45. The Balaban J connectivity index is 1.51. The fourth-order valence-corrected chi connectivity index (χ4v) is 10.2. The van der Waals surface area contributed by atoms with Crippen LogP contribution in [0.15, 0.2) is 78.9 Å². The first kappa shape index (κ1) is 27.3. The van der Waals surface area contributed by atoms with E-state index in [1.165, 1.54) is 66.0 Å². The SMILES string of the molecule is CC(C)(C)c1ccc2sc3c(c2c1)N(c1ccccc1)c1cccc2c1B3c1cc3c(cc1C2(C)C)C(C)(C)CC3(C)C. The minimum Gasteiger partial charge on any atom is -0.310 e. The van der Waals surface area contributed by atoms with E-state index in [1.54, 1.807) is 11.1 Å². The van der Waals surface area contributed by atoms with Gasteiger partial charge in [-0.25, -0.2) is 0 Å². The molecular formula is C40H42BNS. The van der Waals surface area contributed by atoms with E-state index in [1.807, 2.05) is 11.3 Å². The molecule has 0 saturated heterocycles. The second-order valence-electron chi connectivity index (χ2n) is 16.2. The largest absolute Gasteiger partial charge is 0.310 e. The number of rotatable bonds is 1. The van der Waals surface area contributed by atoms with Gasteiger partial charge in [0.2, 0.25) is 0 Å². The molecule has 3 heteroatoms. The summed E-state index contributed by atoms with van der Waals surface area (Å²) in [4.78, 5) is 2.58.